The lowest BCUT2D eigenvalue weighted by atomic mass is 10.1. The summed E-state index contributed by atoms with van der Waals surface area (Å²) in [5.74, 6) is 0.207. The summed E-state index contributed by atoms with van der Waals surface area (Å²) in [6.45, 7) is 0. The maximum absolute atomic E-state index is 12.7. The normalized spacial score (nSPS) is 10.3. The number of halogens is 2. The summed E-state index contributed by atoms with van der Waals surface area (Å²) in [5, 5.41) is 6.23. The molecule has 2 amide bonds. The second kappa shape index (κ2) is 9.52. The molecule has 6 nitrogen and oxygen atoms in total. The first-order valence-electron chi connectivity index (χ1n) is 8.81. The zero-order valence-corrected chi connectivity index (χ0v) is 17.7. The van der Waals surface area contributed by atoms with Crippen molar-refractivity contribution in [1.82, 2.24) is 0 Å². The molecule has 8 heteroatoms. The van der Waals surface area contributed by atoms with Crippen LogP contribution in [0.4, 0.5) is 11.4 Å². The van der Waals surface area contributed by atoms with E-state index in [0.717, 1.165) is 0 Å². The lowest BCUT2D eigenvalue weighted by Crippen LogP contribution is -2.15. The Morgan fingerprint density at radius 3 is 2.00 bits per heavy atom. The SMILES string of the molecule is COc1ccc(C(=O)Nc2cccc(NC(=O)c3ccc(Cl)cc3Cl)c2)c(OC)c1. The van der Waals surface area contributed by atoms with Crippen LogP contribution in [-0.4, -0.2) is 26.0 Å². The van der Waals surface area contributed by atoms with Crippen LogP contribution < -0.4 is 20.1 Å². The predicted octanol–water partition coefficient (Wildman–Crippen LogP) is 5.52. The molecule has 30 heavy (non-hydrogen) atoms. The molecular weight excluding hydrogens is 427 g/mol. The van der Waals surface area contributed by atoms with Crippen LogP contribution in [0.5, 0.6) is 11.5 Å². The van der Waals surface area contributed by atoms with E-state index in [-0.39, 0.29) is 10.9 Å². The molecule has 0 bridgehead atoms. The average Bonchev–Trinajstić information content (AvgIpc) is 2.73. The monoisotopic (exact) mass is 444 g/mol. The van der Waals surface area contributed by atoms with Gasteiger partial charge in [0.05, 0.1) is 30.4 Å². The van der Waals surface area contributed by atoms with Gasteiger partial charge in [-0.15, -0.1) is 0 Å². The van der Waals surface area contributed by atoms with Crippen LogP contribution >= 0.6 is 23.2 Å². The number of ether oxygens (including phenoxy) is 2. The topological polar surface area (TPSA) is 76.7 Å². The van der Waals surface area contributed by atoms with Crippen LogP contribution in [0.3, 0.4) is 0 Å². The highest BCUT2D eigenvalue weighted by atomic mass is 35.5. The fraction of sp³-hybridized carbons (Fsp3) is 0.0909. The molecule has 3 aromatic rings. The minimum atomic E-state index is -0.392. The van der Waals surface area contributed by atoms with Gasteiger partial charge in [0.25, 0.3) is 11.8 Å². The van der Waals surface area contributed by atoms with Crippen LogP contribution in [0.2, 0.25) is 10.0 Å². The predicted molar refractivity (Wildman–Crippen MR) is 118 cm³/mol. The summed E-state index contributed by atoms with van der Waals surface area (Å²) in [4.78, 5) is 25.2. The molecular formula is C22H18Cl2N2O4. The third-order valence-electron chi connectivity index (χ3n) is 4.21. The Morgan fingerprint density at radius 2 is 1.40 bits per heavy atom. The number of carbonyl (C=O) groups excluding carboxylic acids is 2. The van der Waals surface area contributed by atoms with E-state index in [1.54, 1.807) is 54.6 Å². The van der Waals surface area contributed by atoms with Crippen molar-refractivity contribution in [3.05, 3.63) is 81.8 Å². The van der Waals surface area contributed by atoms with Crippen molar-refractivity contribution in [2.24, 2.45) is 0 Å². The van der Waals surface area contributed by atoms with Crippen LogP contribution in [-0.2, 0) is 0 Å². The van der Waals surface area contributed by atoms with Gasteiger partial charge in [-0.3, -0.25) is 9.59 Å². The Balaban J connectivity index is 1.75. The average molecular weight is 445 g/mol. The number of nitrogens with one attached hydrogen (secondary N) is 2. The number of methoxy groups -OCH3 is 2. The highest BCUT2D eigenvalue weighted by Crippen LogP contribution is 2.26. The van der Waals surface area contributed by atoms with Crippen molar-refractivity contribution in [1.29, 1.82) is 0 Å². The lowest BCUT2D eigenvalue weighted by molar-refractivity contribution is 0.101. The summed E-state index contributed by atoms with van der Waals surface area (Å²) in [5.41, 5.74) is 1.63. The summed E-state index contributed by atoms with van der Waals surface area (Å²) in [7, 11) is 3.01. The third-order valence-corrected chi connectivity index (χ3v) is 4.76. The van der Waals surface area contributed by atoms with Crippen LogP contribution in [0.25, 0.3) is 0 Å². The third kappa shape index (κ3) is 5.03. The molecule has 2 N–H and O–H groups in total. The number of anilines is 2. The Kier molecular flexibility index (Phi) is 6.82. The summed E-state index contributed by atoms with van der Waals surface area (Å²) in [6, 6.07) is 16.3. The first-order valence-corrected chi connectivity index (χ1v) is 9.56. The van der Waals surface area contributed by atoms with Gasteiger partial charge in [0, 0.05) is 22.5 Å². The van der Waals surface area contributed by atoms with Gasteiger partial charge in [0.2, 0.25) is 0 Å². The molecule has 0 atom stereocenters. The summed E-state index contributed by atoms with van der Waals surface area (Å²) >= 11 is 12.0. The number of hydrogen-bond donors (Lipinski definition) is 2. The van der Waals surface area contributed by atoms with Gasteiger partial charge < -0.3 is 20.1 Å². The maximum Gasteiger partial charge on any atom is 0.259 e. The largest absolute Gasteiger partial charge is 0.497 e. The second-order valence-corrected chi connectivity index (χ2v) is 7.02. The van der Waals surface area contributed by atoms with E-state index in [0.29, 0.717) is 39.0 Å². The van der Waals surface area contributed by atoms with Gasteiger partial charge in [-0.2, -0.15) is 0 Å². The van der Waals surface area contributed by atoms with Crippen LogP contribution in [0, 0.1) is 0 Å². The first kappa shape index (κ1) is 21.5. The van der Waals surface area contributed by atoms with Gasteiger partial charge in [-0.1, -0.05) is 29.3 Å². The standard InChI is InChI=1S/C22H18Cl2N2O4/c1-29-16-7-9-18(20(12-16)30-2)22(28)26-15-5-3-4-14(11-15)25-21(27)17-8-6-13(23)10-19(17)24/h3-12H,1-2H3,(H,25,27)(H,26,28). The number of carbonyl (C=O) groups is 2. The van der Waals surface area contributed by atoms with Crippen LogP contribution in [0.15, 0.2) is 60.7 Å². The number of benzene rings is 3. The van der Waals surface area contributed by atoms with E-state index >= 15 is 0 Å². The van der Waals surface area contributed by atoms with Gasteiger partial charge in [0.1, 0.15) is 11.5 Å². The minimum Gasteiger partial charge on any atom is -0.497 e. The molecule has 0 aliphatic heterocycles. The molecule has 0 aliphatic rings. The number of hydrogen-bond acceptors (Lipinski definition) is 4. The number of amides is 2. The zero-order valence-electron chi connectivity index (χ0n) is 16.2. The van der Waals surface area contributed by atoms with Crippen molar-refractivity contribution in [3.63, 3.8) is 0 Å². The quantitative estimate of drug-likeness (QED) is 0.524. The molecule has 0 aliphatic carbocycles. The Hall–Kier alpha value is -3.22. The fourth-order valence-electron chi connectivity index (χ4n) is 2.73. The smallest absolute Gasteiger partial charge is 0.259 e. The lowest BCUT2D eigenvalue weighted by Gasteiger charge is -2.12. The van der Waals surface area contributed by atoms with Gasteiger partial charge >= 0.3 is 0 Å². The molecule has 154 valence electrons. The first-order chi connectivity index (χ1) is 14.4. The van der Waals surface area contributed by atoms with Crippen molar-refractivity contribution < 1.29 is 19.1 Å². The Morgan fingerprint density at radius 1 is 0.767 bits per heavy atom. The van der Waals surface area contributed by atoms with E-state index in [4.69, 9.17) is 32.7 Å². The van der Waals surface area contributed by atoms with E-state index < -0.39 is 5.91 Å². The molecule has 0 radical (unpaired) electrons. The highest BCUT2D eigenvalue weighted by molar-refractivity contribution is 6.37. The molecule has 0 fully saturated rings. The Labute approximate surface area is 183 Å². The minimum absolute atomic E-state index is 0.246. The van der Waals surface area contributed by atoms with Gasteiger partial charge in [-0.05, 0) is 48.5 Å². The molecule has 0 saturated carbocycles. The fourth-order valence-corrected chi connectivity index (χ4v) is 3.23. The van der Waals surface area contributed by atoms with E-state index in [2.05, 4.69) is 10.6 Å². The highest BCUT2D eigenvalue weighted by Gasteiger charge is 2.15. The van der Waals surface area contributed by atoms with E-state index in [1.807, 2.05) is 0 Å². The zero-order chi connectivity index (χ0) is 21.7. The van der Waals surface area contributed by atoms with Crippen molar-refractivity contribution in [2.45, 2.75) is 0 Å². The molecule has 0 spiro atoms. The second-order valence-electron chi connectivity index (χ2n) is 6.18. The van der Waals surface area contributed by atoms with Gasteiger partial charge in [0.15, 0.2) is 0 Å². The van der Waals surface area contributed by atoms with Crippen molar-refractivity contribution in [3.8, 4) is 11.5 Å². The summed E-state index contributed by atoms with van der Waals surface area (Å²) < 4.78 is 10.4. The molecule has 0 saturated heterocycles. The molecule has 0 heterocycles. The van der Waals surface area contributed by atoms with E-state index in [9.17, 15) is 9.59 Å². The molecule has 3 rings (SSSR count). The van der Waals surface area contributed by atoms with Crippen LogP contribution in [0.1, 0.15) is 20.7 Å². The van der Waals surface area contributed by atoms with E-state index in [1.165, 1.54) is 20.3 Å². The molecule has 3 aromatic carbocycles. The molecule has 0 unspecified atom stereocenters. The van der Waals surface area contributed by atoms with Gasteiger partial charge in [-0.25, -0.2) is 0 Å². The van der Waals surface area contributed by atoms with Crippen molar-refractivity contribution >= 4 is 46.4 Å². The molecule has 0 aromatic heterocycles. The van der Waals surface area contributed by atoms with Crippen molar-refractivity contribution in [2.75, 3.05) is 24.9 Å². The maximum atomic E-state index is 12.7. The summed E-state index contributed by atoms with van der Waals surface area (Å²) in [6.07, 6.45) is 0. The number of rotatable bonds is 6. The Bertz CT molecular complexity index is 1100.